The van der Waals surface area contributed by atoms with Gasteiger partial charge < -0.3 is 10.2 Å². The first-order chi connectivity index (χ1) is 8.44. The number of hydrogen-bond acceptors (Lipinski definition) is 3. The molecule has 1 aliphatic carbocycles. The van der Waals surface area contributed by atoms with Crippen LogP contribution in [0.2, 0.25) is 0 Å². The summed E-state index contributed by atoms with van der Waals surface area (Å²) in [6, 6.07) is 5.06. The summed E-state index contributed by atoms with van der Waals surface area (Å²) in [6.45, 7) is 8.70. The first-order valence-electron chi connectivity index (χ1n) is 6.83. The molecule has 18 heavy (non-hydrogen) atoms. The van der Waals surface area contributed by atoms with Crippen LogP contribution in [0.1, 0.15) is 39.2 Å². The first kappa shape index (κ1) is 13.3. The molecule has 2 rings (SSSR count). The fourth-order valence-corrected chi connectivity index (χ4v) is 2.09. The molecule has 0 saturated heterocycles. The van der Waals surface area contributed by atoms with E-state index in [1.165, 1.54) is 18.4 Å². The van der Waals surface area contributed by atoms with Crippen molar-refractivity contribution in [3.63, 3.8) is 0 Å². The Morgan fingerprint density at radius 3 is 2.56 bits per heavy atom. The van der Waals surface area contributed by atoms with Crippen molar-refractivity contribution in [2.24, 2.45) is 5.41 Å². The van der Waals surface area contributed by atoms with Gasteiger partial charge in [-0.15, -0.1) is 0 Å². The second-order valence-corrected chi connectivity index (χ2v) is 6.60. The zero-order valence-electron chi connectivity index (χ0n) is 12.0. The van der Waals surface area contributed by atoms with Gasteiger partial charge >= 0.3 is 0 Å². The van der Waals surface area contributed by atoms with Crippen molar-refractivity contribution in [2.45, 2.75) is 46.2 Å². The van der Waals surface area contributed by atoms with Crippen LogP contribution < -0.4 is 10.2 Å². The minimum Gasteiger partial charge on any atom is -0.359 e. The molecule has 0 aromatic carbocycles. The molecule has 0 spiro atoms. The third-order valence-corrected chi connectivity index (χ3v) is 3.08. The van der Waals surface area contributed by atoms with Crippen LogP contribution in [0.15, 0.2) is 18.3 Å². The molecule has 0 radical (unpaired) electrons. The summed E-state index contributed by atoms with van der Waals surface area (Å²) in [5.41, 5.74) is 1.57. The van der Waals surface area contributed by atoms with Gasteiger partial charge in [-0.1, -0.05) is 26.8 Å². The van der Waals surface area contributed by atoms with Gasteiger partial charge in [-0.3, -0.25) is 0 Å². The standard InChI is InChI=1S/C15H25N3/c1-15(2,3)11-18(4)14-8-5-12(10-17-14)9-16-13-6-7-13/h5,8,10,13,16H,6-7,9,11H2,1-4H3. The number of pyridine rings is 1. The lowest BCUT2D eigenvalue weighted by Crippen LogP contribution is -2.29. The van der Waals surface area contributed by atoms with E-state index in [0.29, 0.717) is 5.41 Å². The summed E-state index contributed by atoms with van der Waals surface area (Å²) in [7, 11) is 2.11. The quantitative estimate of drug-likeness (QED) is 0.867. The molecule has 3 nitrogen and oxygen atoms in total. The van der Waals surface area contributed by atoms with Gasteiger partial charge in [-0.05, 0) is 29.9 Å². The Hall–Kier alpha value is -1.09. The highest BCUT2D eigenvalue weighted by Crippen LogP contribution is 2.20. The van der Waals surface area contributed by atoms with E-state index >= 15 is 0 Å². The molecular formula is C15H25N3. The second kappa shape index (κ2) is 5.27. The number of nitrogens with zero attached hydrogens (tertiary/aromatic N) is 2. The number of rotatable bonds is 5. The molecular weight excluding hydrogens is 222 g/mol. The Morgan fingerprint density at radius 1 is 1.33 bits per heavy atom. The average Bonchev–Trinajstić information content (AvgIpc) is 3.08. The van der Waals surface area contributed by atoms with Crippen LogP contribution in [0, 0.1) is 5.41 Å². The maximum Gasteiger partial charge on any atom is 0.128 e. The van der Waals surface area contributed by atoms with Crippen molar-refractivity contribution in [3.05, 3.63) is 23.9 Å². The SMILES string of the molecule is CN(CC(C)(C)C)c1ccc(CNC2CC2)cn1. The summed E-state index contributed by atoms with van der Waals surface area (Å²) in [4.78, 5) is 6.77. The van der Waals surface area contributed by atoms with Gasteiger partial charge in [-0.25, -0.2) is 4.98 Å². The van der Waals surface area contributed by atoms with Gasteiger partial charge in [-0.2, -0.15) is 0 Å². The molecule has 1 heterocycles. The normalized spacial score (nSPS) is 15.8. The lowest BCUT2D eigenvalue weighted by molar-refractivity contribution is 0.418. The second-order valence-electron chi connectivity index (χ2n) is 6.60. The van der Waals surface area contributed by atoms with E-state index in [2.05, 4.69) is 55.2 Å². The van der Waals surface area contributed by atoms with Gasteiger partial charge in [0, 0.05) is 32.4 Å². The predicted molar refractivity (Wildman–Crippen MR) is 76.8 cm³/mol. The van der Waals surface area contributed by atoms with E-state index in [-0.39, 0.29) is 0 Å². The van der Waals surface area contributed by atoms with Crippen LogP contribution in [-0.2, 0) is 6.54 Å². The monoisotopic (exact) mass is 247 g/mol. The van der Waals surface area contributed by atoms with Gasteiger partial charge in [0.15, 0.2) is 0 Å². The Labute approximate surface area is 111 Å². The molecule has 1 aliphatic rings. The van der Waals surface area contributed by atoms with Crippen LogP contribution in [0.3, 0.4) is 0 Å². The van der Waals surface area contributed by atoms with Crippen molar-refractivity contribution in [3.8, 4) is 0 Å². The van der Waals surface area contributed by atoms with Gasteiger partial charge in [0.05, 0.1) is 0 Å². The molecule has 1 saturated carbocycles. The van der Waals surface area contributed by atoms with E-state index in [9.17, 15) is 0 Å². The number of hydrogen-bond donors (Lipinski definition) is 1. The van der Waals surface area contributed by atoms with Crippen LogP contribution in [0.25, 0.3) is 0 Å². The maximum atomic E-state index is 4.55. The Bertz CT molecular complexity index is 374. The van der Waals surface area contributed by atoms with E-state index < -0.39 is 0 Å². The lowest BCUT2D eigenvalue weighted by Gasteiger charge is -2.27. The van der Waals surface area contributed by atoms with Crippen LogP contribution in [0.4, 0.5) is 5.82 Å². The third-order valence-electron chi connectivity index (χ3n) is 3.08. The average molecular weight is 247 g/mol. The molecule has 1 N–H and O–H groups in total. The highest BCUT2D eigenvalue weighted by Gasteiger charge is 2.20. The molecule has 1 fully saturated rings. The van der Waals surface area contributed by atoms with Crippen LogP contribution >= 0.6 is 0 Å². The largest absolute Gasteiger partial charge is 0.359 e. The summed E-state index contributed by atoms with van der Waals surface area (Å²) < 4.78 is 0. The van der Waals surface area contributed by atoms with Gasteiger partial charge in [0.25, 0.3) is 0 Å². The molecule has 0 bridgehead atoms. The van der Waals surface area contributed by atoms with Crippen molar-refractivity contribution < 1.29 is 0 Å². The smallest absolute Gasteiger partial charge is 0.128 e. The van der Waals surface area contributed by atoms with Crippen molar-refractivity contribution in [1.82, 2.24) is 10.3 Å². The fourth-order valence-electron chi connectivity index (χ4n) is 2.09. The molecule has 0 atom stereocenters. The fraction of sp³-hybridized carbons (Fsp3) is 0.667. The zero-order chi connectivity index (χ0) is 13.2. The zero-order valence-corrected chi connectivity index (χ0v) is 12.0. The highest BCUT2D eigenvalue weighted by molar-refractivity contribution is 5.38. The third kappa shape index (κ3) is 4.30. The molecule has 0 amide bonds. The highest BCUT2D eigenvalue weighted by atomic mass is 15.2. The molecule has 1 aromatic heterocycles. The Morgan fingerprint density at radius 2 is 2.06 bits per heavy atom. The van der Waals surface area contributed by atoms with E-state index in [1.807, 2.05) is 6.20 Å². The number of aromatic nitrogens is 1. The van der Waals surface area contributed by atoms with E-state index in [4.69, 9.17) is 0 Å². The minimum absolute atomic E-state index is 0.294. The van der Waals surface area contributed by atoms with Crippen molar-refractivity contribution in [1.29, 1.82) is 0 Å². The minimum atomic E-state index is 0.294. The van der Waals surface area contributed by atoms with Crippen LogP contribution in [-0.4, -0.2) is 24.6 Å². The summed E-state index contributed by atoms with van der Waals surface area (Å²) in [6.07, 6.45) is 4.66. The molecule has 1 aromatic rings. The predicted octanol–water partition coefficient (Wildman–Crippen LogP) is 2.82. The lowest BCUT2D eigenvalue weighted by atomic mass is 9.96. The molecule has 100 valence electrons. The van der Waals surface area contributed by atoms with Gasteiger partial charge in [0.1, 0.15) is 5.82 Å². The summed E-state index contributed by atoms with van der Waals surface area (Å²) >= 11 is 0. The summed E-state index contributed by atoms with van der Waals surface area (Å²) in [5, 5.41) is 3.51. The Balaban J connectivity index is 1.89. The molecule has 3 heteroatoms. The van der Waals surface area contributed by atoms with Gasteiger partial charge in [0.2, 0.25) is 0 Å². The first-order valence-corrected chi connectivity index (χ1v) is 6.83. The van der Waals surface area contributed by atoms with Crippen molar-refractivity contribution in [2.75, 3.05) is 18.5 Å². The van der Waals surface area contributed by atoms with E-state index in [1.54, 1.807) is 0 Å². The topological polar surface area (TPSA) is 28.2 Å². The maximum absolute atomic E-state index is 4.55. The number of nitrogens with one attached hydrogen (secondary N) is 1. The molecule has 0 unspecified atom stereocenters. The molecule has 0 aliphatic heterocycles. The Kier molecular flexibility index (Phi) is 3.91. The van der Waals surface area contributed by atoms with Crippen molar-refractivity contribution >= 4 is 5.82 Å². The van der Waals surface area contributed by atoms with Crippen LogP contribution in [0.5, 0.6) is 0 Å². The number of anilines is 1. The van der Waals surface area contributed by atoms with E-state index in [0.717, 1.165) is 24.9 Å². The summed E-state index contributed by atoms with van der Waals surface area (Å²) in [5.74, 6) is 1.06.